The molecule has 0 bridgehead atoms. The molecule has 0 saturated heterocycles. The summed E-state index contributed by atoms with van der Waals surface area (Å²) in [6.07, 6.45) is 2.52. The minimum absolute atomic E-state index is 0.247. The maximum atomic E-state index is 11.2. The lowest BCUT2D eigenvalue weighted by molar-refractivity contribution is 0.0697. The third-order valence-corrected chi connectivity index (χ3v) is 4.22. The summed E-state index contributed by atoms with van der Waals surface area (Å²) < 4.78 is 13.3. The number of benzene rings is 1. The maximum absolute atomic E-state index is 11.2. The van der Waals surface area contributed by atoms with E-state index in [0.717, 1.165) is 24.3 Å². The summed E-state index contributed by atoms with van der Waals surface area (Å²) in [5.41, 5.74) is 1.89. The number of nitrogens with zero attached hydrogens (tertiary/aromatic N) is 2. The van der Waals surface area contributed by atoms with Crippen LogP contribution in [0.3, 0.4) is 0 Å². The first-order chi connectivity index (χ1) is 9.90. The first kappa shape index (κ1) is 15.7. The highest BCUT2D eigenvalue weighted by atomic mass is 32.2. The zero-order valence-electron chi connectivity index (χ0n) is 12.5. The molecular formula is C15H20N2O3S. The zero-order chi connectivity index (χ0) is 15.6. The van der Waals surface area contributed by atoms with Crippen LogP contribution in [0.2, 0.25) is 0 Å². The van der Waals surface area contributed by atoms with E-state index in [1.54, 1.807) is 24.5 Å². The van der Waals surface area contributed by atoms with Gasteiger partial charge in [-0.25, -0.2) is 9.78 Å². The van der Waals surface area contributed by atoms with E-state index >= 15 is 0 Å². The Morgan fingerprint density at radius 2 is 2.14 bits per heavy atom. The molecular weight excluding hydrogens is 288 g/mol. The summed E-state index contributed by atoms with van der Waals surface area (Å²) in [5.74, 6) is 0.899. The van der Waals surface area contributed by atoms with Crippen LogP contribution in [-0.4, -0.2) is 36.8 Å². The average molecular weight is 308 g/mol. The molecule has 0 amide bonds. The Kier molecular flexibility index (Phi) is 4.77. The van der Waals surface area contributed by atoms with Crippen LogP contribution in [0.1, 0.15) is 42.4 Å². The van der Waals surface area contributed by atoms with E-state index in [1.165, 1.54) is 0 Å². The fraction of sp³-hybridized carbons (Fsp3) is 0.467. The van der Waals surface area contributed by atoms with Crippen molar-refractivity contribution < 1.29 is 14.1 Å². The Morgan fingerprint density at radius 3 is 2.71 bits per heavy atom. The van der Waals surface area contributed by atoms with Gasteiger partial charge in [0.2, 0.25) is 0 Å². The third kappa shape index (κ3) is 3.50. The number of hydrogen-bond donors (Lipinski definition) is 1. The molecule has 1 aromatic heterocycles. The van der Waals surface area contributed by atoms with Gasteiger partial charge in [0, 0.05) is 35.3 Å². The van der Waals surface area contributed by atoms with E-state index in [2.05, 4.69) is 23.4 Å². The number of aryl methyl sites for hydroxylation is 1. The van der Waals surface area contributed by atoms with Gasteiger partial charge in [-0.15, -0.1) is 0 Å². The summed E-state index contributed by atoms with van der Waals surface area (Å²) in [6, 6.07) is 5.02. The average Bonchev–Trinajstić information content (AvgIpc) is 2.76. The largest absolute Gasteiger partial charge is 0.478 e. The van der Waals surface area contributed by atoms with Gasteiger partial charge in [0.25, 0.3) is 0 Å². The second kappa shape index (κ2) is 6.39. The molecule has 0 aliphatic carbocycles. The standard InChI is InChI=1S/C15H20N2O3S/c1-10(2)14-16-12-9-11(15(18)19)5-6-13(12)17(14)7-4-8-21(3)20/h5-6,9-10H,4,7-8H2,1-3H3,(H,18,19). The lowest BCUT2D eigenvalue weighted by atomic mass is 10.2. The van der Waals surface area contributed by atoms with E-state index in [-0.39, 0.29) is 11.5 Å². The van der Waals surface area contributed by atoms with Crippen LogP contribution in [0.4, 0.5) is 0 Å². The molecule has 0 radical (unpaired) electrons. The third-order valence-electron chi connectivity index (χ3n) is 3.35. The van der Waals surface area contributed by atoms with Crippen molar-refractivity contribution in [1.29, 1.82) is 0 Å². The minimum atomic E-state index is -0.945. The summed E-state index contributed by atoms with van der Waals surface area (Å²) in [7, 11) is -0.799. The highest BCUT2D eigenvalue weighted by Crippen LogP contribution is 2.23. The van der Waals surface area contributed by atoms with Crippen LogP contribution in [0.5, 0.6) is 0 Å². The predicted molar refractivity (Wildman–Crippen MR) is 84.3 cm³/mol. The van der Waals surface area contributed by atoms with Crippen molar-refractivity contribution >= 4 is 27.8 Å². The molecule has 0 fully saturated rings. The summed E-state index contributed by atoms with van der Waals surface area (Å²) in [4.78, 5) is 15.6. The molecule has 5 nitrogen and oxygen atoms in total. The van der Waals surface area contributed by atoms with Crippen molar-refractivity contribution in [3.05, 3.63) is 29.6 Å². The second-order valence-corrected chi connectivity index (χ2v) is 6.97. The SMILES string of the molecule is CC(C)c1nc2cc(C(=O)O)ccc2n1CCCS(C)=O. The molecule has 21 heavy (non-hydrogen) atoms. The first-order valence-corrected chi connectivity index (χ1v) is 8.66. The lowest BCUT2D eigenvalue weighted by Crippen LogP contribution is -2.08. The molecule has 0 aliphatic rings. The van der Waals surface area contributed by atoms with Gasteiger partial charge in [0.1, 0.15) is 5.82 Å². The number of carboxylic acid groups (broad SMARTS) is 1. The number of hydrogen-bond acceptors (Lipinski definition) is 3. The molecule has 1 aromatic carbocycles. The molecule has 0 saturated carbocycles. The van der Waals surface area contributed by atoms with Crippen LogP contribution in [0, 0.1) is 0 Å². The fourth-order valence-corrected chi connectivity index (χ4v) is 2.92. The van der Waals surface area contributed by atoms with Crippen molar-refractivity contribution in [2.45, 2.75) is 32.7 Å². The zero-order valence-corrected chi connectivity index (χ0v) is 13.3. The van der Waals surface area contributed by atoms with Gasteiger partial charge < -0.3 is 9.67 Å². The molecule has 6 heteroatoms. The molecule has 114 valence electrons. The Labute approximate surface area is 126 Å². The van der Waals surface area contributed by atoms with Gasteiger partial charge in [0.15, 0.2) is 0 Å². The molecule has 1 atom stereocenters. The van der Waals surface area contributed by atoms with Gasteiger partial charge in [-0.2, -0.15) is 0 Å². The molecule has 2 rings (SSSR count). The molecule has 2 aromatic rings. The summed E-state index contributed by atoms with van der Waals surface area (Å²) >= 11 is 0. The highest BCUT2D eigenvalue weighted by Gasteiger charge is 2.15. The van der Waals surface area contributed by atoms with Crippen LogP contribution in [-0.2, 0) is 17.3 Å². The topological polar surface area (TPSA) is 72.2 Å². The van der Waals surface area contributed by atoms with E-state index in [1.807, 2.05) is 0 Å². The van der Waals surface area contributed by atoms with Gasteiger partial charge in [-0.3, -0.25) is 4.21 Å². The Bertz CT molecular complexity index is 692. The lowest BCUT2D eigenvalue weighted by Gasteiger charge is -2.11. The fourth-order valence-electron chi connectivity index (χ4n) is 2.38. The van der Waals surface area contributed by atoms with E-state index in [0.29, 0.717) is 11.3 Å². The number of carbonyl (C=O) groups is 1. The number of imidazole rings is 1. The van der Waals surface area contributed by atoms with Crippen LogP contribution < -0.4 is 0 Å². The second-order valence-electron chi connectivity index (χ2n) is 5.42. The molecule has 1 N–H and O–H groups in total. The van der Waals surface area contributed by atoms with Crippen molar-refractivity contribution in [1.82, 2.24) is 9.55 Å². The Balaban J connectivity index is 2.42. The van der Waals surface area contributed by atoms with Gasteiger partial charge in [0.05, 0.1) is 16.6 Å². The molecule has 0 spiro atoms. The number of rotatable bonds is 6. The molecule has 0 aliphatic heterocycles. The minimum Gasteiger partial charge on any atom is -0.478 e. The van der Waals surface area contributed by atoms with E-state index in [4.69, 9.17) is 5.11 Å². The predicted octanol–water partition coefficient (Wildman–Crippen LogP) is 2.63. The van der Waals surface area contributed by atoms with Crippen LogP contribution in [0.15, 0.2) is 18.2 Å². The Morgan fingerprint density at radius 1 is 1.43 bits per heavy atom. The highest BCUT2D eigenvalue weighted by molar-refractivity contribution is 7.84. The number of aromatic carboxylic acids is 1. The van der Waals surface area contributed by atoms with Crippen molar-refractivity contribution in [2.75, 3.05) is 12.0 Å². The number of aromatic nitrogens is 2. The Hall–Kier alpha value is -1.69. The van der Waals surface area contributed by atoms with Crippen LogP contribution >= 0.6 is 0 Å². The summed E-state index contributed by atoms with van der Waals surface area (Å²) in [6.45, 7) is 4.87. The van der Waals surface area contributed by atoms with Gasteiger partial charge in [-0.05, 0) is 24.6 Å². The molecule has 1 heterocycles. The van der Waals surface area contributed by atoms with Crippen molar-refractivity contribution in [2.24, 2.45) is 0 Å². The van der Waals surface area contributed by atoms with Crippen LogP contribution in [0.25, 0.3) is 11.0 Å². The first-order valence-electron chi connectivity index (χ1n) is 6.93. The van der Waals surface area contributed by atoms with E-state index < -0.39 is 16.8 Å². The van der Waals surface area contributed by atoms with Crippen molar-refractivity contribution in [3.8, 4) is 0 Å². The van der Waals surface area contributed by atoms with Gasteiger partial charge in [-0.1, -0.05) is 13.8 Å². The monoisotopic (exact) mass is 308 g/mol. The molecule has 1 unspecified atom stereocenters. The maximum Gasteiger partial charge on any atom is 0.335 e. The quantitative estimate of drug-likeness (QED) is 0.890. The van der Waals surface area contributed by atoms with E-state index in [9.17, 15) is 9.00 Å². The van der Waals surface area contributed by atoms with Gasteiger partial charge >= 0.3 is 5.97 Å². The number of carboxylic acids is 1. The smallest absolute Gasteiger partial charge is 0.335 e. The summed E-state index contributed by atoms with van der Waals surface area (Å²) in [5, 5.41) is 9.06. The normalized spacial score (nSPS) is 13.0. The number of fused-ring (bicyclic) bond motifs is 1. The van der Waals surface area contributed by atoms with Crippen molar-refractivity contribution in [3.63, 3.8) is 0 Å².